The average molecular weight is 605 g/mol. The summed E-state index contributed by atoms with van der Waals surface area (Å²) in [6, 6.07) is 12.7. The third-order valence-corrected chi connectivity index (χ3v) is 9.11. The Morgan fingerprint density at radius 2 is 1.85 bits per heavy atom. The van der Waals surface area contributed by atoms with Crippen LogP contribution in [0.5, 0.6) is 0 Å². The summed E-state index contributed by atoms with van der Waals surface area (Å²) in [7, 11) is 0. The smallest absolute Gasteiger partial charge is 0.252 e. The summed E-state index contributed by atoms with van der Waals surface area (Å²) >= 11 is 19.2. The van der Waals surface area contributed by atoms with Crippen molar-refractivity contribution in [2.45, 2.75) is 31.2 Å². The number of anilines is 1. The average Bonchev–Trinajstić information content (AvgIpc) is 3.24. The van der Waals surface area contributed by atoms with E-state index in [-0.39, 0.29) is 34.5 Å². The van der Waals surface area contributed by atoms with Gasteiger partial charge in [0.15, 0.2) is 5.15 Å². The molecule has 0 spiro atoms. The highest BCUT2D eigenvalue weighted by molar-refractivity contribution is 6.34. The molecule has 5 aromatic rings. The summed E-state index contributed by atoms with van der Waals surface area (Å²) < 4.78 is 3.43. The van der Waals surface area contributed by atoms with Crippen LogP contribution in [-0.4, -0.2) is 35.4 Å². The second-order valence-corrected chi connectivity index (χ2v) is 11.9. The number of fused-ring (bicyclic) bond motifs is 4. The second-order valence-electron chi connectivity index (χ2n) is 10.7. The maximum absolute atomic E-state index is 13.7. The van der Waals surface area contributed by atoms with Crippen molar-refractivity contribution in [3.05, 3.63) is 97.5 Å². The number of carbonyl (C=O) groups excluding carboxylic acids is 1. The number of hydrogen-bond donors (Lipinski definition) is 2. The molecule has 3 aliphatic rings. The number of hydrogen-bond acceptors (Lipinski definition) is 5. The van der Waals surface area contributed by atoms with Crippen molar-refractivity contribution in [1.82, 2.24) is 29.5 Å². The van der Waals surface area contributed by atoms with E-state index in [1.807, 2.05) is 28.8 Å². The molecule has 5 heterocycles. The topological polar surface area (TPSA) is 110 Å². The van der Waals surface area contributed by atoms with Gasteiger partial charge in [-0.15, -0.1) is 5.10 Å². The Hall–Kier alpha value is -3.92. The molecule has 0 radical (unpaired) electrons. The zero-order valence-electron chi connectivity index (χ0n) is 21.2. The highest BCUT2D eigenvalue weighted by Crippen LogP contribution is 2.60. The molecule has 9 nitrogen and oxygen atoms in total. The van der Waals surface area contributed by atoms with E-state index in [0.717, 1.165) is 57.3 Å². The van der Waals surface area contributed by atoms with Crippen LogP contribution in [0.4, 0.5) is 5.69 Å². The third-order valence-electron chi connectivity index (χ3n) is 8.27. The summed E-state index contributed by atoms with van der Waals surface area (Å²) in [5, 5.41) is 12.3. The molecule has 2 aromatic carbocycles. The Kier molecular flexibility index (Phi) is 5.48. The molecule has 1 saturated carbocycles. The van der Waals surface area contributed by atoms with E-state index in [2.05, 4.69) is 26.7 Å². The molecule has 12 heteroatoms. The van der Waals surface area contributed by atoms with E-state index < -0.39 is 0 Å². The minimum atomic E-state index is -0.200. The van der Waals surface area contributed by atoms with Crippen molar-refractivity contribution < 1.29 is 4.79 Å². The summed E-state index contributed by atoms with van der Waals surface area (Å²) in [5.41, 5.74) is 6.36. The normalized spacial score (nSPS) is 20.4. The Morgan fingerprint density at radius 1 is 0.976 bits per heavy atom. The predicted molar refractivity (Wildman–Crippen MR) is 156 cm³/mol. The van der Waals surface area contributed by atoms with Crippen LogP contribution < -0.4 is 10.9 Å². The van der Waals surface area contributed by atoms with Crippen molar-refractivity contribution in [2.75, 3.05) is 5.32 Å². The maximum atomic E-state index is 13.7. The summed E-state index contributed by atoms with van der Waals surface area (Å²) in [6.45, 7) is 0. The molecular weight excluding hydrogens is 585 g/mol. The van der Waals surface area contributed by atoms with Crippen molar-refractivity contribution in [3.63, 3.8) is 0 Å². The molecule has 1 aliphatic carbocycles. The first-order chi connectivity index (χ1) is 19.9. The molecule has 1 fully saturated rings. The van der Waals surface area contributed by atoms with Crippen LogP contribution in [0, 0.1) is 5.92 Å². The van der Waals surface area contributed by atoms with E-state index in [9.17, 15) is 9.59 Å². The number of nitrogens with zero attached hydrogens (tertiary/aromatic N) is 5. The molecule has 204 valence electrons. The van der Waals surface area contributed by atoms with E-state index in [1.54, 1.807) is 29.2 Å². The van der Waals surface area contributed by atoms with Crippen molar-refractivity contribution in [2.24, 2.45) is 5.92 Å². The van der Waals surface area contributed by atoms with Gasteiger partial charge >= 0.3 is 0 Å². The molecule has 0 saturated heterocycles. The molecule has 8 rings (SSSR count). The fourth-order valence-electron chi connectivity index (χ4n) is 6.33. The summed E-state index contributed by atoms with van der Waals surface area (Å²) in [5.74, 6) is 1.26. The van der Waals surface area contributed by atoms with Crippen LogP contribution in [0.25, 0.3) is 28.1 Å². The van der Waals surface area contributed by atoms with Gasteiger partial charge in [0.25, 0.3) is 5.56 Å². The Balaban J connectivity index is 1.18. The van der Waals surface area contributed by atoms with Gasteiger partial charge in [0, 0.05) is 45.9 Å². The molecular formula is C29H20Cl3N7O2. The monoisotopic (exact) mass is 603 g/mol. The molecule has 2 aliphatic heterocycles. The number of imidazole rings is 1. The number of H-pyrrole nitrogens is 1. The maximum Gasteiger partial charge on any atom is 0.252 e. The summed E-state index contributed by atoms with van der Waals surface area (Å²) in [6.07, 6.45) is 5.34. The van der Waals surface area contributed by atoms with Crippen molar-refractivity contribution >= 4 is 46.4 Å². The number of amides is 1. The number of benzene rings is 2. The standard InChI is InChI=1S/C29H20Cl3N7O2/c30-14-1-5-22(38-12-24(31)36-37-38)17(9-14)13-7-23-18-10-19(18)28(39(23)26(41)8-13)29-33-11-21(35-29)16-2-4-20-15(27(16)32)3-6-25(40)34-20/h1-2,4-5,7-9,11-12,18-19,28H,3,6,10H2,(H,33,35)(H,34,40). The fraction of sp³-hybridized carbons (Fsp3) is 0.207. The van der Waals surface area contributed by atoms with Crippen LogP contribution in [0.15, 0.2) is 59.7 Å². The number of aromatic amines is 1. The van der Waals surface area contributed by atoms with E-state index in [1.165, 1.54) is 0 Å². The van der Waals surface area contributed by atoms with Gasteiger partial charge in [0.1, 0.15) is 5.82 Å². The zero-order valence-corrected chi connectivity index (χ0v) is 23.5. The lowest BCUT2D eigenvalue weighted by Gasteiger charge is -2.19. The quantitative estimate of drug-likeness (QED) is 0.260. The van der Waals surface area contributed by atoms with Gasteiger partial charge in [-0.25, -0.2) is 9.67 Å². The van der Waals surface area contributed by atoms with E-state index in [0.29, 0.717) is 22.9 Å². The predicted octanol–water partition coefficient (Wildman–Crippen LogP) is 6.04. The van der Waals surface area contributed by atoms with Gasteiger partial charge in [-0.1, -0.05) is 40.0 Å². The molecule has 0 bridgehead atoms. The Morgan fingerprint density at radius 3 is 2.68 bits per heavy atom. The largest absolute Gasteiger partial charge is 0.340 e. The number of carbonyl (C=O) groups is 1. The van der Waals surface area contributed by atoms with Gasteiger partial charge in [-0.2, -0.15) is 0 Å². The first-order valence-corrected chi connectivity index (χ1v) is 14.3. The molecule has 3 aromatic heterocycles. The number of pyridine rings is 1. The Bertz CT molecular complexity index is 1980. The van der Waals surface area contributed by atoms with Crippen LogP contribution >= 0.6 is 34.8 Å². The molecule has 1 amide bonds. The van der Waals surface area contributed by atoms with Gasteiger partial charge in [-0.05, 0) is 66.3 Å². The highest BCUT2D eigenvalue weighted by Gasteiger charge is 2.54. The van der Waals surface area contributed by atoms with E-state index >= 15 is 0 Å². The van der Waals surface area contributed by atoms with Gasteiger partial charge < -0.3 is 14.9 Å². The van der Waals surface area contributed by atoms with Crippen LogP contribution in [0.1, 0.15) is 41.9 Å². The highest BCUT2D eigenvalue weighted by atomic mass is 35.5. The number of halogens is 3. The lowest BCUT2D eigenvalue weighted by Crippen LogP contribution is -2.26. The number of nitrogens with one attached hydrogen (secondary N) is 2. The zero-order chi connectivity index (χ0) is 28.0. The second kappa shape index (κ2) is 9.04. The van der Waals surface area contributed by atoms with Crippen molar-refractivity contribution in [1.29, 1.82) is 0 Å². The van der Waals surface area contributed by atoms with Gasteiger partial charge in [0.2, 0.25) is 5.91 Å². The SMILES string of the molecule is O=C1CCc2c(ccc(-c3cnc(C4C5CC5c5cc(-c6cc(Cl)ccc6-n6cc(Cl)nn6)cc(=O)n54)[nH]3)c2Cl)N1. The van der Waals surface area contributed by atoms with Crippen LogP contribution in [-0.2, 0) is 11.2 Å². The lowest BCUT2D eigenvalue weighted by atomic mass is 9.99. The van der Waals surface area contributed by atoms with Gasteiger partial charge in [0.05, 0.1) is 34.8 Å². The molecule has 3 atom stereocenters. The third kappa shape index (κ3) is 3.94. The molecule has 2 N–H and O–H groups in total. The van der Waals surface area contributed by atoms with Crippen LogP contribution in [0.2, 0.25) is 15.2 Å². The minimum absolute atomic E-state index is 0.00740. The first-order valence-electron chi connectivity index (χ1n) is 13.2. The number of aromatic nitrogens is 6. The summed E-state index contributed by atoms with van der Waals surface area (Å²) in [4.78, 5) is 33.6. The van der Waals surface area contributed by atoms with Crippen molar-refractivity contribution in [3.8, 4) is 28.1 Å². The van der Waals surface area contributed by atoms with Gasteiger partial charge in [-0.3, -0.25) is 9.59 Å². The Labute approximate surface area is 248 Å². The van der Waals surface area contributed by atoms with Crippen LogP contribution in [0.3, 0.4) is 0 Å². The fourth-order valence-corrected chi connectivity index (χ4v) is 6.99. The van der Waals surface area contributed by atoms with E-state index in [4.69, 9.17) is 39.8 Å². The molecule has 3 unspecified atom stereocenters. The first kappa shape index (κ1) is 24.8. The number of rotatable bonds is 4. The minimum Gasteiger partial charge on any atom is -0.340 e. The molecule has 41 heavy (non-hydrogen) atoms. The lowest BCUT2D eigenvalue weighted by molar-refractivity contribution is -0.116.